The third kappa shape index (κ3) is 3.86. The molecular weight excluding hydrogens is 352 g/mol. The second-order valence-electron chi connectivity index (χ2n) is 7.55. The Morgan fingerprint density at radius 1 is 1.00 bits per heavy atom. The van der Waals surface area contributed by atoms with E-state index in [1.807, 2.05) is 6.07 Å². The van der Waals surface area contributed by atoms with E-state index in [0.29, 0.717) is 13.2 Å². The van der Waals surface area contributed by atoms with Crippen LogP contribution in [0.1, 0.15) is 19.4 Å². The van der Waals surface area contributed by atoms with Crippen molar-refractivity contribution < 1.29 is 14.6 Å². The third-order valence-corrected chi connectivity index (χ3v) is 5.97. The summed E-state index contributed by atoms with van der Waals surface area (Å²) in [5.41, 5.74) is 3.61. The van der Waals surface area contributed by atoms with Gasteiger partial charge in [-0.2, -0.15) is 0 Å². The number of fused-ring (bicyclic) bond motifs is 2. The summed E-state index contributed by atoms with van der Waals surface area (Å²) < 4.78 is 11.9. The van der Waals surface area contributed by atoms with E-state index in [-0.39, 0.29) is 24.5 Å². The Kier molecular flexibility index (Phi) is 6.09. The first kappa shape index (κ1) is 19.6. The van der Waals surface area contributed by atoms with E-state index in [4.69, 9.17) is 9.47 Å². The van der Waals surface area contributed by atoms with Gasteiger partial charge in [0.05, 0.1) is 24.8 Å². The van der Waals surface area contributed by atoms with Gasteiger partial charge in [0.15, 0.2) is 6.29 Å². The zero-order valence-corrected chi connectivity index (χ0v) is 16.6. The van der Waals surface area contributed by atoms with Gasteiger partial charge in [0.25, 0.3) is 0 Å². The number of aliphatic hydroxyl groups is 1. The summed E-state index contributed by atoms with van der Waals surface area (Å²) in [5.74, 6) is 0. The molecule has 5 atom stereocenters. The van der Waals surface area contributed by atoms with Crippen LogP contribution in [0.3, 0.4) is 0 Å². The molecule has 2 heterocycles. The third-order valence-electron chi connectivity index (χ3n) is 5.97. The standard InChI is InChI=1S/C23H30N2O3/c1-3-25(4-2)21-22(26)20(19-15-27-23(21)28-19)24-14-16-10-12-18(13-11-16)17-8-6-5-7-9-17/h5-13,19-24,26H,3-4,14-15H2,1-2H3/t19-,20-,21-,22+,23-/m1/s1. The number of benzene rings is 2. The molecule has 0 unspecified atom stereocenters. The number of likely N-dealkylation sites (N-methyl/N-ethyl adjacent to an activating group) is 1. The molecule has 0 spiro atoms. The topological polar surface area (TPSA) is 54.0 Å². The number of nitrogens with one attached hydrogen (secondary N) is 1. The highest BCUT2D eigenvalue weighted by Crippen LogP contribution is 2.31. The lowest BCUT2D eigenvalue weighted by Gasteiger charge is -2.43. The van der Waals surface area contributed by atoms with Gasteiger partial charge < -0.3 is 19.9 Å². The number of rotatable bonds is 7. The van der Waals surface area contributed by atoms with Gasteiger partial charge in [-0.25, -0.2) is 0 Å². The average Bonchev–Trinajstić information content (AvgIpc) is 3.17. The molecule has 0 amide bonds. The largest absolute Gasteiger partial charge is 0.390 e. The maximum atomic E-state index is 11.0. The molecule has 150 valence electrons. The van der Waals surface area contributed by atoms with E-state index in [2.05, 4.69) is 72.6 Å². The second-order valence-corrected chi connectivity index (χ2v) is 7.55. The van der Waals surface area contributed by atoms with Crippen LogP contribution in [-0.2, 0) is 16.0 Å². The summed E-state index contributed by atoms with van der Waals surface area (Å²) in [7, 11) is 0. The number of aliphatic hydroxyl groups excluding tert-OH is 1. The Hall–Kier alpha value is -1.76. The van der Waals surface area contributed by atoms with Crippen molar-refractivity contribution in [3.05, 3.63) is 60.2 Å². The van der Waals surface area contributed by atoms with Gasteiger partial charge in [0.2, 0.25) is 0 Å². The van der Waals surface area contributed by atoms with Gasteiger partial charge >= 0.3 is 0 Å². The van der Waals surface area contributed by atoms with E-state index in [9.17, 15) is 5.11 Å². The van der Waals surface area contributed by atoms with Gasteiger partial charge in [0, 0.05) is 6.54 Å². The molecule has 2 N–H and O–H groups in total. The van der Waals surface area contributed by atoms with Crippen LogP contribution in [0.2, 0.25) is 0 Å². The first-order valence-electron chi connectivity index (χ1n) is 10.3. The Bertz CT molecular complexity index is 746. The number of nitrogens with zero attached hydrogens (tertiary/aromatic N) is 1. The average molecular weight is 383 g/mol. The fourth-order valence-corrected chi connectivity index (χ4v) is 4.37. The molecule has 2 aliphatic heterocycles. The highest BCUT2D eigenvalue weighted by molar-refractivity contribution is 5.63. The normalized spacial score (nSPS) is 29.4. The van der Waals surface area contributed by atoms with Crippen molar-refractivity contribution in [3.63, 3.8) is 0 Å². The minimum Gasteiger partial charge on any atom is -0.390 e. The zero-order valence-electron chi connectivity index (χ0n) is 16.6. The first-order valence-corrected chi connectivity index (χ1v) is 10.3. The molecule has 2 aromatic carbocycles. The second kappa shape index (κ2) is 8.72. The molecule has 0 radical (unpaired) electrons. The molecule has 2 aliphatic rings. The maximum Gasteiger partial charge on any atom is 0.176 e. The van der Waals surface area contributed by atoms with Crippen molar-refractivity contribution in [2.75, 3.05) is 19.7 Å². The summed E-state index contributed by atoms with van der Waals surface area (Å²) in [5, 5.41) is 14.6. The van der Waals surface area contributed by atoms with Crippen molar-refractivity contribution >= 4 is 0 Å². The predicted octanol–water partition coefficient (Wildman–Crippen LogP) is 2.64. The Labute approximate surface area is 167 Å². The van der Waals surface area contributed by atoms with Crippen molar-refractivity contribution in [1.29, 1.82) is 0 Å². The van der Waals surface area contributed by atoms with Gasteiger partial charge in [-0.1, -0.05) is 68.4 Å². The Morgan fingerprint density at radius 3 is 2.36 bits per heavy atom. The lowest BCUT2D eigenvalue weighted by molar-refractivity contribution is -0.181. The van der Waals surface area contributed by atoms with Crippen molar-refractivity contribution in [2.24, 2.45) is 0 Å². The monoisotopic (exact) mass is 382 g/mol. The summed E-state index contributed by atoms with van der Waals surface area (Å²) in [6.07, 6.45) is -0.951. The molecular formula is C23H30N2O3. The fraction of sp³-hybridized carbons (Fsp3) is 0.478. The Balaban J connectivity index is 1.42. The van der Waals surface area contributed by atoms with Crippen LogP contribution >= 0.6 is 0 Å². The quantitative estimate of drug-likeness (QED) is 0.771. The maximum absolute atomic E-state index is 11.0. The zero-order chi connectivity index (χ0) is 19.5. The SMILES string of the molecule is CCN(CC)[C@H]1[C@@H]2OC[C@@H](O2)[C@@H](NCc2ccc(-c3ccccc3)cc2)[C@@H]1O. The van der Waals surface area contributed by atoms with Crippen LogP contribution in [0.15, 0.2) is 54.6 Å². The summed E-state index contributed by atoms with van der Waals surface area (Å²) in [6, 6.07) is 18.7. The fourth-order valence-electron chi connectivity index (χ4n) is 4.37. The van der Waals surface area contributed by atoms with Gasteiger partial charge in [-0.3, -0.25) is 4.90 Å². The molecule has 2 saturated heterocycles. The van der Waals surface area contributed by atoms with Crippen molar-refractivity contribution in [1.82, 2.24) is 10.2 Å². The van der Waals surface area contributed by atoms with E-state index in [0.717, 1.165) is 13.1 Å². The molecule has 4 rings (SSSR count). The molecule has 5 nitrogen and oxygen atoms in total. The molecule has 2 bridgehead atoms. The van der Waals surface area contributed by atoms with Crippen LogP contribution in [0.4, 0.5) is 0 Å². The minimum atomic E-state index is -0.519. The van der Waals surface area contributed by atoms with E-state index in [1.165, 1.54) is 16.7 Å². The van der Waals surface area contributed by atoms with Crippen LogP contribution < -0.4 is 5.32 Å². The molecule has 28 heavy (non-hydrogen) atoms. The molecule has 2 fully saturated rings. The number of hydrogen-bond acceptors (Lipinski definition) is 5. The minimum absolute atomic E-state index is 0.101. The number of hydrogen-bond donors (Lipinski definition) is 2. The Morgan fingerprint density at radius 2 is 1.68 bits per heavy atom. The van der Waals surface area contributed by atoms with Crippen molar-refractivity contribution in [3.8, 4) is 11.1 Å². The molecule has 2 aromatic rings. The molecule has 0 aromatic heterocycles. The van der Waals surface area contributed by atoms with E-state index < -0.39 is 6.10 Å². The van der Waals surface area contributed by atoms with E-state index in [1.54, 1.807) is 0 Å². The van der Waals surface area contributed by atoms with E-state index >= 15 is 0 Å². The predicted molar refractivity (Wildman–Crippen MR) is 110 cm³/mol. The summed E-state index contributed by atoms with van der Waals surface area (Å²) in [4.78, 5) is 2.22. The van der Waals surface area contributed by atoms with Crippen LogP contribution in [-0.4, -0.2) is 60.3 Å². The number of ether oxygens (including phenoxy) is 2. The highest BCUT2D eigenvalue weighted by atomic mass is 16.7. The van der Waals surface area contributed by atoms with Crippen LogP contribution in [0.25, 0.3) is 11.1 Å². The molecule has 0 saturated carbocycles. The smallest absolute Gasteiger partial charge is 0.176 e. The lowest BCUT2D eigenvalue weighted by atomic mass is 9.94. The summed E-state index contributed by atoms with van der Waals surface area (Å²) >= 11 is 0. The lowest BCUT2D eigenvalue weighted by Crippen LogP contribution is -2.64. The molecule has 0 aliphatic carbocycles. The van der Waals surface area contributed by atoms with Crippen LogP contribution in [0, 0.1) is 0 Å². The first-order chi connectivity index (χ1) is 13.7. The summed E-state index contributed by atoms with van der Waals surface area (Å²) in [6.45, 7) is 7.15. The van der Waals surface area contributed by atoms with Gasteiger partial charge in [-0.05, 0) is 29.8 Å². The van der Waals surface area contributed by atoms with Gasteiger partial charge in [-0.15, -0.1) is 0 Å². The van der Waals surface area contributed by atoms with Gasteiger partial charge in [0.1, 0.15) is 6.10 Å². The van der Waals surface area contributed by atoms with Crippen LogP contribution in [0.5, 0.6) is 0 Å². The highest BCUT2D eigenvalue weighted by Gasteiger charge is 2.51. The van der Waals surface area contributed by atoms with Crippen molar-refractivity contribution in [2.45, 2.75) is 51.0 Å². The molecule has 5 heteroatoms.